The lowest BCUT2D eigenvalue weighted by atomic mass is 10.1. The third-order valence-electron chi connectivity index (χ3n) is 3.28. The number of carbonyl (C=O) groups is 1. The Kier molecular flexibility index (Phi) is 4.40. The van der Waals surface area contributed by atoms with Gasteiger partial charge in [-0.15, -0.1) is 0 Å². The van der Waals surface area contributed by atoms with Gasteiger partial charge in [-0.3, -0.25) is 9.48 Å². The average Bonchev–Trinajstić information content (AvgIpc) is 2.84. The van der Waals surface area contributed by atoms with Crippen LogP contribution >= 0.6 is 0 Å². The molecule has 0 unspecified atom stereocenters. The standard InChI is InChI=1S/C15H20N4O/c1-11-4-5-13(14(10-11)16-2)15(20)17-8-6-12-7-9-18-19(12)3/h4-5,7,9-10,16H,6,8H2,1-3H3,(H,17,20). The summed E-state index contributed by atoms with van der Waals surface area (Å²) >= 11 is 0. The first-order valence-electron chi connectivity index (χ1n) is 6.65. The molecule has 0 spiro atoms. The van der Waals surface area contributed by atoms with Crippen molar-refractivity contribution in [2.24, 2.45) is 7.05 Å². The molecule has 1 aromatic carbocycles. The van der Waals surface area contributed by atoms with Gasteiger partial charge in [-0.1, -0.05) is 6.07 Å². The van der Waals surface area contributed by atoms with Crippen molar-refractivity contribution in [1.82, 2.24) is 15.1 Å². The number of hydrogen-bond donors (Lipinski definition) is 2. The number of aryl methyl sites for hydroxylation is 2. The molecule has 0 radical (unpaired) electrons. The van der Waals surface area contributed by atoms with E-state index >= 15 is 0 Å². The summed E-state index contributed by atoms with van der Waals surface area (Å²) in [5, 5.41) is 10.1. The molecular formula is C15H20N4O. The highest BCUT2D eigenvalue weighted by molar-refractivity contribution is 5.99. The summed E-state index contributed by atoms with van der Waals surface area (Å²) in [6.45, 7) is 2.60. The zero-order valence-corrected chi connectivity index (χ0v) is 12.1. The molecule has 1 amide bonds. The Morgan fingerprint density at radius 3 is 2.80 bits per heavy atom. The number of hydrogen-bond acceptors (Lipinski definition) is 3. The van der Waals surface area contributed by atoms with E-state index in [1.165, 1.54) is 0 Å². The fraction of sp³-hybridized carbons (Fsp3) is 0.333. The zero-order chi connectivity index (χ0) is 14.5. The van der Waals surface area contributed by atoms with Crippen LogP contribution in [0.1, 0.15) is 21.6 Å². The lowest BCUT2D eigenvalue weighted by Gasteiger charge is -2.10. The maximum Gasteiger partial charge on any atom is 0.253 e. The minimum absolute atomic E-state index is 0.0588. The quantitative estimate of drug-likeness (QED) is 0.871. The first kappa shape index (κ1) is 14.1. The van der Waals surface area contributed by atoms with Crippen LogP contribution in [-0.4, -0.2) is 29.3 Å². The number of aromatic nitrogens is 2. The molecule has 0 saturated carbocycles. The second-order valence-corrected chi connectivity index (χ2v) is 4.75. The molecule has 0 bridgehead atoms. The van der Waals surface area contributed by atoms with E-state index < -0.39 is 0 Å². The van der Waals surface area contributed by atoms with Crippen LogP contribution in [0.5, 0.6) is 0 Å². The predicted octanol–water partition coefficient (Wildman–Crippen LogP) is 1.74. The Bertz CT molecular complexity index is 604. The van der Waals surface area contributed by atoms with Crippen molar-refractivity contribution < 1.29 is 4.79 Å². The summed E-state index contributed by atoms with van der Waals surface area (Å²) in [5.41, 5.74) is 3.75. The summed E-state index contributed by atoms with van der Waals surface area (Å²) in [7, 11) is 3.72. The van der Waals surface area contributed by atoms with E-state index in [2.05, 4.69) is 15.7 Å². The van der Waals surface area contributed by atoms with Gasteiger partial charge < -0.3 is 10.6 Å². The van der Waals surface area contributed by atoms with Gasteiger partial charge in [0.1, 0.15) is 0 Å². The van der Waals surface area contributed by atoms with Gasteiger partial charge in [-0.25, -0.2) is 0 Å². The largest absolute Gasteiger partial charge is 0.387 e. The fourth-order valence-electron chi connectivity index (χ4n) is 2.11. The fourth-order valence-corrected chi connectivity index (χ4v) is 2.11. The minimum Gasteiger partial charge on any atom is -0.387 e. The second-order valence-electron chi connectivity index (χ2n) is 4.75. The Hall–Kier alpha value is -2.30. The van der Waals surface area contributed by atoms with Crippen LogP contribution in [0.3, 0.4) is 0 Å². The maximum atomic E-state index is 12.2. The molecule has 1 aromatic heterocycles. The molecule has 1 heterocycles. The normalized spacial score (nSPS) is 10.3. The van der Waals surface area contributed by atoms with Crippen LogP contribution in [0.25, 0.3) is 0 Å². The van der Waals surface area contributed by atoms with Crippen molar-refractivity contribution in [1.29, 1.82) is 0 Å². The maximum absolute atomic E-state index is 12.2. The van der Waals surface area contributed by atoms with Gasteiger partial charge in [-0.2, -0.15) is 5.10 Å². The van der Waals surface area contributed by atoms with E-state index in [0.717, 1.165) is 23.4 Å². The van der Waals surface area contributed by atoms with Gasteiger partial charge in [-0.05, 0) is 30.7 Å². The number of nitrogens with one attached hydrogen (secondary N) is 2. The van der Waals surface area contributed by atoms with Crippen LogP contribution in [0.4, 0.5) is 5.69 Å². The molecule has 2 N–H and O–H groups in total. The van der Waals surface area contributed by atoms with Crippen molar-refractivity contribution >= 4 is 11.6 Å². The van der Waals surface area contributed by atoms with Gasteiger partial charge in [0.05, 0.1) is 5.56 Å². The Balaban J connectivity index is 1.97. The van der Waals surface area contributed by atoms with Crippen molar-refractivity contribution in [3.05, 3.63) is 47.3 Å². The minimum atomic E-state index is -0.0588. The van der Waals surface area contributed by atoms with Crippen LogP contribution < -0.4 is 10.6 Å². The molecule has 0 aliphatic heterocycles. The van der Waals surface area contributed by atoms with Gasteiger partial charge >= 0.3 is 0 Å². The molecule has 0 atom stereocenters. The molecule has 2 rings (SSSR count). The molecule has 0 fully saturated rings. The number of anilines is 1. The SMILES string of the molecule is CNc1cc(C)ccc1C(=O)NCCc1ccnn1C. The summed E-state index contributed by atoms with van der Waals surface area (Å²) in [4.78, 5) is 12.2. The number of carbonyl (C=O) groups excluding carboxylic acids is 1. The van der Waals surface area contributed by atoms with Crippen molar-refractivity contribution in [2.45, 2.75) is 13.3 Å². The van der Waals surface area contributed by atoms with Crippen molar-refractivity contribution in [3.63, 3.8) is 0 Å². The number of amides is 1. The summed E-state index contributed by atoms with van der Waals surface area (Å²) < 4.78 is 1.82. The van der Waals surface area contributed by atoms with Crippen molar-refractivity contribution in [2.75, 3.05) is 18.9 Å². The van der Waals surface area contributed by atoms with Gasteiger partial charge in [0, 0.05) is 44.6 Å². The van der Waals surface area contributed by atoms with Crippen LogP contribution in [0.2, 0.25) is 0 Å². The number of nitrogens with zero attached hydrogens (tertiary/aromatic N) is 2. The second kappa shape index (κ2) is 6.23. The molecule has 0 aliphatic rings. The topological polar surface area (TPSA) is 59.0 Å². The summed E-state index contributed by atoms with van der Waals surface area (Å²) in [6, 6.07) is 7.71. The lowest BCUT2D eigenvalue weighted by Crippen LogP contribution is -2.27. The third-order valence-corrected chi connectivity index (χ3v) is 3.28. The molecular weight excluding hydrogens is 252 g/mol. The molecule has 106 valence electrons. The van der Waals surface area contributed by atoms with E-state index in [1.54, 1.807) is 6.20 Å². The van der Waals surface area contributed by atoms with Crippen molar-refractivity contribution in [3.8, 4) is 0 Å². The van der Waals surface area contributed by atoms with E-state index in [0.29, 0.717) is 12.1 Å². The van der Waals surface area contributed by atoms with Crippen LogP contribution in [0, 0.1) is 6.92 Å². The summed E-state index contributed by atoms with van der Waals surface area (Å²) in [6.07, 6.45) is 2.53. The summed E-state index contributed by atoms with van der Waals surface area (Å²) in [5.74, 6) is -0.0588. The molecule has 0 aliphatic carbocycles. The van der Waals surface area contributed by atoms with E-state index in [9.17, 15) is 4.79 Å². The molecule has 5 heteroatoms. The third kappa shape index (κ3) is 3.17. The van der Waals surface area contributed by atoms with E-state index in [4.69, 9.17) is 0 Å². The average molecular weight is 272 g/mol. The van der Waals surface area contributed by atoms with Gasteiger partial charge in [0.25, 0.3) is 5.91 Å². The van der Waals surface area contributed by atoms with Gasteiger partial charge in [0.15, 0.2) is 0 Å². The van der Waals surface area contributed by atoms with Crippen LogP contribution in [0.15, 0.2) is 30.5 Å². The Labute approximate surface area is 119 Å². The molecule has 0 saturated heterocycles. The first-order valence-corrected chi connectivity index (χ1v) is 6.65. The first-order chi connectivity index (χ1) is 9.61. The highest BCUT2D eigenvalue weighted by Gasteiger charge is 2.10. The monoisotopic (exact) mass is 272 g/mol. The lowest BCUT2D eigenvalue weighted by molar-refractivity contribution is 0.0955. The van der Waals surface area contributed by atoms with E-state index in [-0.39, 0.29) is 5.91 Å². The highest BCUT2D eigenvalue weighted by atomic mass is 16.1. The number of benzene rings is 1. The highest BCUT2D eigenvalue weighted by Crippen LogP contribution is 2.16. The smallest absolute Gasteiger partial charge is 0.253 e. The van der Waals surface area contributed by atoms with Gasteiger partial charge in [0.2, 0.25) is 0 Å². The zero-order valence-electron chi connectivity index (χ0n) is 12.1. The van der Waals surface area contributed by atoms with Crippen LogP contribution in [-0.2, 0) is 13.5 Å². The van der Waals surface area contributed by atoms with E-state index in [1.807, 2.05) is 50.0 Å². The molecule has 20 heavy (non-hydrogen) atoms. The Morgan fingerprint density at radius 1 is 1.35 bits per heavy atom. The molecule has 2 aromatic rings. The number of rotatable bonds is 5. The Morgan fingerprint density at radius 2 is 2.15 bits per heavy atom. The molecule has 5 nitrogen and oxygen atoms in total. The predicted molar refractivity (Wildman–Crippen MR) is 80.0 cm³/mol.